The number of benzene rings is 2. The summed E-state index contributed by atoms with van der Waals surface area (Å²) < 4.78 is 22.7. The smallest absolute Gasteiger partial charge is 0.411 e. The molecule has 1 heterocycles. The number of hydrogen-bond donors (Lipinski definition) is 0. The quantitative estimate of drug-likeness (QED) is 0.321. The second-order valence-electron chi connectivity index (χ2n) is 11.2. The number of nitrogens with zero attached hydrogens (tertiary/aromatic N) is 4. The summed E-state index contributed by atoms with van der Waals surface area (Å²) in [5, 5.41) is 4.28. The highest BCUT2D eigenvalue weighted by atomic mass is 16.6. The molecule has 0 unspecified atom stereocenters. The van der Waals surface area contributed by atoms with Gasteiger partial charge in [-0.25, -0.2) is 4.79 Å². The molecular formula is C31H40N4O6. The Morgan fingerprint density at radius 2 is 1.78 bits per heavy atom. The van der Waals surface area contributed by atoms with Gasteiger partial charge in [-0.1, -0.05) is 29.4 Å². The normalized spacial score (nSPS) is 14.4. The predicted molar refractivity (Wildman–Crippen MR) is 154 cm³/mol. The summed E-state index contributed by atoms with van der Waals surface area (Å²) in [5.74, 6) is 2.17. The van der Waals surface area contributed by atoms with Crippen LogP contribution in [0.15, 0.2) is 40.9 Å². The topological polar surface area (TPSA) is 107 Å². The molecule has 220 valence electrons. The molecule has 0 bridgehead atoms. The fourth-order valence-electron chi connectivity index (χ4n) is 4.89. The number of carbonyl (C=O) groups is 2. The Balaban J connectivity index is 1.59. The van der Waals surface area contributed by atoms with E-state index in [9.17, 15) is 9.59 Å². The Labute approximate surface area is 241 Å². The minimum absolute atomic E-state index is 0.0750. The minimum Gasteiger partial charge on any atom is -0.490 e. The molecule has 4 rings (SSSR count). The van der Waals surface area contributed by atoms with E-state index in [1.807, 2.05) is 71.0 Å². The monoisotopic (exact) mass is 564 g/mol. The van der Waals surface area contributed by atoms with Crippen LogP contribution in [0.2, 0.25) is 0 Å². The van der Waals surface area contributed by atoms with E-state index in [0.29, 0.717) is 55.7 Å². The van der Waals surface area contributed by atoms with E-state index >= 15 is 0 Å². The Hall–Kier alpha value is -4.08. The van der Waals surface area contributed by atoms with Gasteiger partial charge in [-0.05, 0) is 76.3 Å². The highest BCUT2D eigenvalue weighted by Gasteiger charge is 2.36. The van der Waals surface area contributed by atoms with Crippen LogP contribution < -0.4 is 9.47 Å². The van der Waals surface area contributed by atoms with E-state index in [-0.39, 0.29) is 18.5 Å². The van der Waals surface area contributed by atoms with Gasteiger partial charge in [-0.15, -0.1) is 0 Å². The second-order valence-corrected chi connectivity index (χ2v) is 11.2. The van der Waals surface area contributed by atoms with Gasteiger partial charge in [0.15, 0.2) is 11.5 Å². The molecule has 0 fully saturated rings. The molecule has 1 aliphatic carbocycles. The average Bonchev–Trinajstić information content (AvgIpc) is 3.55. The van der Waals surface area contributed by atoms with Crippen molar-refractivity contribution in [2.45, 2.75) is 65.5 Å². The highest BCUT2D eigenvalue weighted by molar-refractivity contribution is 5.82. The fraction of sp³-hybridized carbons (Fsp3) is 0.484. The first-order valence-corrected chi connectivity index (χ1v) is 14.0. The molecule has 0 saturated heterocycles. The Bertz CT molecular complexity index is 1380. The minimum atomic E-state index is -0.687. The molecule has 0 N–H and O–H groups in total. The molecule has 1 aliphatic rings. The molecule has 10 nitrogen and oxygen atoms in total. The maximum atomic E-state index is 13.2. The molecule has 1 aromatic heterocycles. The maximum absolute atomic E-state index is 13.2. The number of rotatable bonds is 10. The van der Waals surface area contributed by atoms with Crippen molar-refractivity contribution in [1.29, 1.82) is 0 Å². The van der Waals surface area contributed by atoms with Gasteiger partial charge in [-0.3, -0.25) is 9.69 Å². The Morgan fingerprint density at radius 1 is 1.05 bits per heavy atom. The highest BCUT2D eigenvalue weighted by Crippen LogP contribution is 2.41. The average molecular weight is 565 g/mol. The number of likely N-dealkylation sites (N-methyl/N-ethyl adjacent to an activating group) is 1. The summed E-state index contributed by atoms with van der Waals surface area (Å²) in [6, 6.07) is 11.3. The van der Waals surface area contributed by atoms with Crippen molar-refractivity contribution in [1.82, 2.24) is 19.9 Å². The van der Waals surface area contributed by atoms with Crippen molar-refractivity contribution in [2.75, 3.05) is 33.9 Å². The van der Waals surface area contributed by atoms with Crippen molar-refractivity contribution >= 4 is 12.0 Å². The molecule has 3 aromatic rings. The standard InChI is InChI=1S/C31H40N4O6/c1-8-38-25-16-13-20(17-26(25)39-9-2)18-27-32-29(33-41-27)23-12-10-11-22-21(23)14-15-24(22)35(19-28(36)34(6)7)30(37)40-31(3,4)5/h10-13,16-17,24H,8-9,14-15,18-19H2,1-7H3/t24-/m0/s1. The third kappa shape index (κ3) is 7.17. The molecule has 0 radical (unpaired) electrons. The van der Waals surface area contributed by atoms with Gasteiger partial charge < -0.3 is 23.6 Å². The van der Waals surface area contributed by atoms with Crippen LogP contribution in [0.5, 0.6) is 11.5 Å². The first kappa shape index (κ1) is 29.9. The van der Waals surface area contributed by atoms with E-state index < -0.39 is 11.7 Å². The maximum Gasteiger partial charge on any atom is 0.411 e. The summed E-state index contributed by atoms with van der Waals surface area (Å²) >= 11 is 0. The molecule has 0 saturated carbocycles. The van der Waals surface area contributed by atoms with Gasteiger partial charge >= 0.3 is 6.09 Å². The van der Waals surface area contributed by atoms with E-state index in [4.69, 9.17) is 23.7 Å². The van der Waals surface area contributed by atoms with E-state index in [1.165, 1.54) is 9.80 Å². The van der Waals surface area contributed by atoms with Crippen LogP contribution in [0.25, 0.3) is 11.4 Å². The first-order chi connectivity index (χ1) is 19.5. The number of aromatic nitrogens is 2. The lowest BCUT2D eigenvalue weighted by atomic mass is 10.0. The SMILES string of the molecule is CCOc1ccc(Cc2nc(-c3cccc4c3CC[C@@H]4N(CC(=O)N(C)C)C(=O)OC(C)(C)C)no2)cc1OCC. The molecule has 0 aliphatic heterocycles. The summed E-state index contributed by atoms with van der Waals surface area (Å²) in [6.45, 7) is 10.3. The molecule has 41 heavy (non-hydrogen) atoms. The second kappa shape index (κ2) is 12.6. The van der Waals surface area contributed by atoms with Gasteiger partial charge in [0.2, 0.25) is 17.6 Å². The van der Waals surface area contributed by atoms with Gasteiger partial charge in [-0.2, -0.15) is 4.98 Å². The molecule has 10 heteroatoms. The lowest BCUT2D eigenvalue weighted by molar-refractivity contribution is -0.130. The third-order valence-electron chi connectivity index (χ3n) is 6.72. The van der Waals surface area contributed by atoms with Crippen molar-refractivity contribution in [2.24, 2.45) is 0 Å². The van der Waals surface area contributed by atoms with Crippen molar-refractivity contribution in [3.8, 4) is 22.9 Å². The Morgan fingerprint density at radius 3 is 2.46 bits per heavy atom. The van der Waals surface area contributed by atoms with E-state index in [2.05, 4.69) is 5.16 Å². The number of fused-ring (bicyclic) bond motifs is 1. The number of amides is 2. The molecule has 2 aromatic carbocycles. The zero-order chi connectivity index (χ0) is 29.7. The molecule has 0 spiro atoms. The van der Waals surface area contributed by atoms with Gasteiger partial charge in [0.25, 0.3) is 0 Å². The summed E-state index contributed by atoms with van der Waals surface area (Å²) in [7, 11) is 3.35. The van der Waals surface area contributed by atoms with Gasteiger partial charge in [0, 0.05) is 19.7 Å². The summed E-state index contributed by atoms with van der Waals surface area (Å²) in [4.78, 5) is 33.6. The lowest BCUT2D eigenvalue weighted by Gasteiger charge is -2.32. The van der Waals surface area contributed by atoms with E-state index in [1.54, 1.807) is 14.1 Å². The Kier molecular flexibility index (Phi) is 9.20. The van der Waals surface area contributed by atoms with Crippen LogP contribution in [-0.2, 0) is 22.4 Å². The lowest BCUT2D eigenvalue weighted by Crippen LogP contribution is -2.44. The first-order valence-electron chi connectivity index (χ1n) is 14.0. The van der Waals surface area contributed by atoms with Crippen LogP contribution in [0.1, 0.15) is 69.7 Å². The molecular weight excluding hydrogens is 524 g/mol. The van der Waals surface area contributed by atoms with Crippen molar-refractivity contribution in [3.05, 3.63) is 59.0 Å². The number of hydrogen-bond acceptors (Lipinski definition) is 8. The molecule has 1 atom stereocenters. The van der Waals surface area contributed by atoms with Crippen LogP contribution >= 0.6 is 0 Å². The fourth-order valence-corrected chi connectivity index (χ4v) is 4.89. The van der Waals surface area contributed by atoms with E-state index in [0.717, 1.165) is 22.3 Å². The largest absolute Gasteiger partial charge is 0.490 e. The third-order valence-corrected chi connectivity index (χ3v) is 6.72. The number of ether oxygens (including phenoxy) is 3. The van der Waals surface area contributed by atoms with Gasteiger partial charge in [0.1, 0.15) is 12.1 Å². The van der Waals surface area contributed by atoms with Crippen molar-refractivity contribution < 1.29 is 28.3 Å². The van der Waals surface area contributed by atoms with Crippen LogP contribution in [0, 0.1) is 0 Å². The zero-order valence-electron chi connectivity index (χ0n) is 25.0. The van der Waals surface area contributed by atoms with Gasteiger partial charge in [0.05, 0.1) is 25.7 Å². The molecule has 2 amide bonds. The summed E-state index contributed by atoms with van der Waals surface area (Å²) in [5.41, 5.74) is 3.12. The van der Waals surface area contributed by atoms with Crippen LogP contribution in [0.4, 0.5) is 4.79 Å². The zero-order valence-corrected chi connectivity index (χ0v) is 25.0. The number of carbonyl (C=O) groups excluding carboxylic acids is 2. The van der Waals surface area contributed by atoms with Crippen LogP contribution in [0.3, 0.4) is 0 Å². The van der Waals surface area contributed by atoms with Crippen LogP contribution in [-0.4, -0.2) is 71.4 Å². The van der Waals surface area contributed by atoms with Crippen molar-refractivity contribution in [3.63, 3.8) is 0 Å². The summed E-state index contributed by atoms with van der Waals surface area (Å²) in [6.07, 6.45) is 1.28. The predicted octanol–water partition coefficient (Wildman–Crippen LogP) is 5.44.